The zero-order valence-electron chi connectivity index (χ0n) is 40.1. The molecule has 0 saturated heterocycles. The minimum atomic E-state index is 1.10. The Morgan fingerprint density at radius 1 is 0.257 bits per heavy atom. The fraction of sp³-hybridized carbons (Fsp3) is 0.0588. The van der Waals surface area contributed by atoms with Crippen LogP contribution in [0.25, 0.3) is 67.7 Å². The molecule has 0 unspecified atom stereocenters. The van der Waals surface area contributed by atoms with Crippen molar-refractivity contribution in [3.63, 3.8) is 0 Å². The topological polar surface area (TPSA) is 6.48 Å². The number of benzene rings is 11. The van der Waals surface area contributed by atoms with E-state index in [0.29, 0.717) is 0 Å². The number of fused-ring (bicyclic) bond motifs is 3. The summed E-state index contributed by atoms with van der Waals surface area (Å²) in [4.78, 5) is 4.85. The summed E-state index contributed by atoms with van der Waals surface area (Å²) >= 11 is 0. The SMILES string of the molecule is Cc1ccc(/C=C/c2ccc(N(c3ccc(C)cc3)c3ccc(-c4c5ccccc5c(N(c5ccc(C)cc5)c5ccc(/C=C/c6ccc(C)cc6)cc5)c5ccccc45)c4ccccc34)cc2)cc1. The van der Waals surface area contributed by atoms with E-state index in [4.69, 9.17) is 0 Å². The van der Waals surface area contributed by atoms with Crippen molar-refractivity contribution < 1.29 is 0 Å². The van der Waals surface area contributed by atoms with Crippen LogP contribution in [0.1, 0.15) is 44.5 Å². The molecule has 0 heterocycles. The van der Waals surface area contributed by atoms with E-state index in [1.54, 1.807) is 0 Å². The lowest BCUT2D eigenvalue weighted by atomic mass is 9.87. The smallest absolute Gasteiger partial charge is 0.0618 e. The highest BCUT2D eigenvalue weighted by Gasteiger charge is 2.24. The molecule has 0 aromatic heterocycles. The molecule has 2 heteroatoms. The molecule has 0 fully saturated rings. The van der Waals surface area contributed by atoms with Gasteiger partial charge in [0.15, 0.2) is 0 Å². The quantitative estimate of drug-likeness (QED) is 0.0943. The van der Waals surface area contributed by atoms with Gasteiger partial charge in [0, 0.05) is 38.9 Å². The highest BCUT2D eigenvalue weighted by atomic mass is 15.1. The molecular formula is C68H54N2. The molecule has 11 aromatic carbocycles. The monoisotopic (exact) mass is 898 g/mol. The summed E-state index contributed by atoms with van der Waals surface area (Å²) in [6.07, 6.45) is 8.76. The van der Waals surface area contributed by atoms with Crippen molar-refractivity contribution in [1.82, 2.24) is 0 Å². The zero-order valence-corrected chi connectivity index (χ0v) is 40.1. The molecule has 0 bridgehead atoms. The zero-order chi connectivity index (χ0) is 47.6. The van der Waals surface area contributed by atoms with Crippen LogP contribution >= 0.6 is 0 Å². The van der Waals surface area contributed by atoms with Crippen LogP contribution in [-0.4, -0.2) is 0 Å². The van der Waals surface area contributed by atoms with Crippen molar-refractivity contribution in [2.45, 2.75) is 27.7 Å². The Kier molecular flexibility index (Phi) is 12.0. The van der Waals surface area contributed by atoms with Crippen LogP contribution in [0.4, 0.5) is 34.1 Å². The summed E-state index contributed by atoms with van der Waals surface area (Å²) < 4.78 is 0. The summed E-state index contributed by atoms with van der Waals surface area (Å²) in [7, 11) is 0. The van der Waals surface area contributed by atoms with Gasteiger partial charge < -0.3 is 9.80 Å². The Bertz CT molecular complexity index is 3640. The first-order valence-electron chi connectivity index (χ1n) is 24.2. The second kappa shape index (κ2) is 19.1. The molecule has 336 valence electrons. The van der Waals surface area contributed by atoms with Crippen molar-refractivity contribution in [2.24, 2.45) is 0 Å². The van der Waals surface area contributed by atoms with Crippen molar-refractivity contribution >= 4 is 90.7 Å². The lowest BCUT2D eigenvalue weighted by molar-refractivity contribution is 1.29. The van der Waals surface area contributed by atoms with Crippen LogP contribution in [0.3, 0.4) is 0 Å². The van der Waals surface area contributed by atoms with Gasteiger partial charge in [0.05, 0.1) is 11.4 Å². The van der Waals surface area contributed by atoms with Gasteiger partial charge in [-0.15, -0.1) is 0 Å². The molecule has 0 aliphatic rings. The highest BCUT2D eigenvalue weighted by Crippen LogP contribution is 2.50. The Hall–Kier alpha value is -8.72. The summed E-state index contributed by atoms with van der Waals surface area (Å²) in [6.45, 7) is 8.55. The van der Waals surface area contributed by atoms with Gasteiger partial charge in [-0.1, -0.05) is 222 Å². The number of aryl methyl sites for hydroxylation is 4. The Labute approximate surface area is 412 Å². The third-order valence-corrected chi connectivity index (χ3v) is 13.5. The molecule has 0 spiro atoms. The van der Waals surface area contributed by atoms with Crippen LogP contribution in [-0.2, 0) is 0 Å². The molecule has 0 saturated carbocycles. The normalized spacial score (nSPS) is 11.6. The van der Waals surface area contributed by atoms with Crippen molar-refractivity contribution in [1.29, 1.82) is 0 Å². The maximum absolute atomic E-state index is 2.45. The van der Waals surface area contributed by atoms with Gasteiger partial charge in [-0.05, 0) is 132 Å². The third-order valence-electron chi connectivity index (χ3n) is 13.5. The second-order valence-corrected chi connectivity index (χ2v) is 18.5. The van der Waals surface area contributed by atoms with Crippen molar-refractivity contribution in [3.05, 3.63) is 275 Å². The van der Waals surface area contributed by atoms with E-state index in [9.17, 15) is 0 Å². The van der Waals surface area contributed by atoms with Gasteiger partial charge in [0.2, 0.25) is 0 Å². The summed E-state index contributed by atoms with van der Waals surface area (Å²) in [5.41, 5.74) is 18.8. The molecule has 70 heavy (non-hydrogen) atoms. The van der Waals surface area contributed by atoms with E-state index >= 15 is 0 Å². The minimum absolute atomic E-state index is 1.10. The van der Waals surface area contributed by atoms with E-state index < -0.39 is 0 Å². The van der Waals surface area contributed by atoms with Crippen molar-refractivity contribution in [3.8, 4) is 11.1 Å². The summed E-state index contributed by atoms with van der Waals surface area (Å²) in [6, 6.07) is 84.6. The molecule has 0 aliphatic heterocycles. The van der Waals surface area contributed by atoms with Crippen LogP contribution in [0.15, 0.2) is 231 Å². The van der Waals surface area contributed by atoms with Gasteiger partial charge in [-0.3, -0.25) is 0 Å². The molecule has 0 radical (unpaired) electrons. The molecule has 11 aromatic rings. The Balaban J connectivity index is 1.06. The highest BCUT2D eigenvalue weighted by molar-refractivity contribution is 6.25. The van der Waals surface area contributed by atoms with Crippen LogP contribution in [0.5, 0.6) is 0 Å². The maximum atomic E-state index is 2.45. The largest absolute Gasteiger partial charge is 0.310 e. The third kappa shape index (κ3) is 8.80. The number of anilines is 6. The standard InChI is InChI=1S/C68H54N2/c1-47-17-25-51(26-18-47)29-31-53-33-41-56(42-34-53)69(55-37-21-49(3)22-38-55)66-46-45-63(59-11-5-6-12-60(59)66)67-61-13-7-9-15-64(61)68(65-16-10-8-14-62(65)67)70(57-39-23-50(4)24-40-57)58-43-35-54(36-44-58)32-30-52-27-19-48(2)20-28-52/h5-46H,1-4H3/b31-29+,32-30+. The van der Waals surface area contributed by atoms with E-state index in [1.807, 2.05) is 0 Å². The van der Waals surface area contributed by atoms with E-state index in [-0.39, 0.29) is 0 Å². The van der Waals surface area contributed by atoms with E-state index in [2.05, 4.69) is 292 Å². The number of nitrogens with zero attached hydrogens (tertiary/aromatic N) is 2. The Morgan fingerprint density at radius 3 is 0.957 bits per heavy atom. The second-order valence-electron chi connectivity index (χ2n) is 18.5. The van der Waals surface area contributed by atoms with Gasteiger partial charge >= 0.3 is 0 Å². The van der Waals surface area contributed by atoms with E-state index in [1.165, 1.54) is 76.8 Å². The molecule has 0 atom stereocenters. The van der Waals surface area contributed by atoms with E-state index in [0.717, 1.165) is 45.3 Å². The van der Waals surface area contributed by atoms with Gasteiger partial charge in [-0.25, -0.2) is 0 Å². The first kappa shape index (κ1) is 43.8. The average molecular weight is 899 g/mol. The molecule has 11 rings (SSSR count). The van der Waals surface area contributed by atoms with Gasteiger partial charge in [0.25, 0.3) is 0 Å². The fourth-order valence-electron chi connectivity index (χ4n) is 9.76. The molecular weight excluding hydrogens is 845 g/mol. The lowest BCUT2D eigenvalue weighted by Gasteiger charge is -2.30. The first-order chi connectivity index (χ1) is 34.3. The molecule has 2 nitrogen and oxygen atoms in total. The minimum Gasteiger partial charge on any atom is -0.310 e. The number of hydrogen-bond acceptors (Lipinski definition) is 2. The predicted octanol–water partition coefficient (Wildman–Crippen LogP) is 19.3. The van der Waals surface area contributed by atoms with Crippen molar-refractivity contribution in [2.75, 3.05) is 9.80 Å². The maximum Gasteiger partial charge on any atom is 0.0618 e. The number of rotatable bonds is 11. The predicted molar refractivity (Wildman–Crippen MR) is 303 cm³/mol. The molecule has 0 aliphatic carbocycles. The molecule has 0 N–H and O–H groups in total. The summed E-state index contributed by atoms with van der Waals surface area (Å²) in [5.74, 6) is 0. The lowest BCUT2D eigenvalue weighted by Crippen LogP contribution is -2.12. The average Bonchev–Trinajstić information content (AvgIpc) is 3.40. The number of hydrogen-bond donors (Lipinski definition) is 0. The fourth-order valence-corrected chi connectivity index (χ4v) is 9.76. The van der Waals surface area contributed by atoms with Crippen LogP contribution in [0, 0.1) is 27.7 Å². The Morgan fingerprint density at radius 2 is 0.557 bits per heavy atom. The first-order valence-corrected chi connectivity index (χ1v) is 24.2. The summed E-state index contributed by atoms with van der Waals surface area (Å²) in [5, 5.41) is 7.15. The van der Waals surface area contributed by atoms with Crippen LogP contribution in [0.2, 0.25) is 0 Å². The molecule has 0 amide bonds. The van der Waals surface area contributed by atoms with Crippen LogP contribution < -0.4 is 9.80 Å². The van der Waals surface area contributed by atoms with Gasteiger partial charge in [0.1, 0.15) is 0 Å². The van der Waals surface area contributed by atoms with Gasteiger partial charge in [-0.2, -0.15) is 0 Å².